The number of nitrogens with one attached hydrogen (secondary N) is 2. The van der Waals surface area contributed by atoms with Crippen LogP contribution in [0, 0.1) is 0 Å². The number of carbonyl (C=O) groups excluding carboxylic acids is 2. The lowest BCUT2D eigenvalue weighted by Gasteiger charge is -2.22. The molecule has 0 aliphatic carbocycles. The Labute approximate surface area is 152 Å². The van der Waals surface area contributed by atoms with Gasteiger partial charge in [0.05, 0.1) is 13.2 Å². The van der Waals surface area contributed by atoms with Gasteiger partial charge >= 0.3 is 5.97 Å². The van der Waals surface area contributed by atoms with Crippen LogP contribution in [-0.2, 0) is 16.0 Å². The van der Waals surface area contributed by atoms with Crippen LogP contribution in [0.3, 0.4) is 0 Å². The molecule has 2 aromatic rings. The van der Waals surface area contributed by atoms with Crippen molar-refractivity contribution >= 4 is 17.6 Å². The van der Waals surface area contributed by atoms with E-state index in [1.165, 1.54) is 7.11 Å². The number of rotatable bonds is 6. The summed E-state index contributed by atoms with van der Waals surface area (Å²) in [7, 11) is 1.38. The fourth-order valence-corrected chi connectivity index (χ4v) is 3.02. The normalized spacial score (nSPS) is 16.9. The molecule has 26 heavy (non-hydrogen) atoms. The van der Waals surface area contributed by atoms with Gasteiger partial charge in [0.15, 0.2) is 5.69 Å². The fraction of sp³-hybridized carbons (Fsp3) is 0.421. The van der Waals surface area contributed by atoms with Crippen LogP contribution in [0.15, 0.2) is 36.5 Å². The maximum absolute atomic E-state index is 12.4. The highest BCUT2D eigenvalue weighted by Crippen LogP contribution is 2.17. The Morgan fingerprint density at radius 2 is 2.12 bits per heavy atom. The number of esters is 1. The van der Waals surface area contributed by atoms with Crippen molar-refractivity contribution in [1.29, 1.82) is 0 Å². The zero-order chi connectivity index (χ0) is 18.4. The van der Waals surface area contributed by atoms with Gasteiger partial charge < -0.3 is 15.4 Å². The second kappa shape index (κ2) is 8.62. The second-order valence-electron chi connectivity index (χ2n) is 6.41. The largest absolute Gasteiger partial charge is 0.469 e. The van der Waals surface area contributed by atoms with Crippen LogP contribution in [-0.4, -0.2) is 41.9 Å². The number of anilines is 1. The number of hydrogen-bond donors (Lipinski definition) is 2. The van der Waals surface area contributed by atoms with E-state index < -0.39 is 0 Å². The van der Waals surface area contributed by atoms with Crippen LogP contribution in [0.5, 0.6) is 0 Å². The van der Waals surface area contributed by atoms with E-state index in [9.17, 15) is 9.59 Å². The number of nitrogens with zero attached hydrogens (tertiary/aromatic N) is 2. The molecule has 1 fully saturated rings. The standard InChI is InChI=1S/C19H24N4O3/c1-26-18(24)9-6-14-4-7-15(8-5-14)21-19(25)17-10-12-23(22-17)16-3-2-11-20-13-16/h4-5,7-8,10,12,16,20H,2-3,6,9,11,13H2,1H3,(H,21,25). The van der Waals surface area contributed by atoms with Gasteiger partial charge in [-0.2, -0.15) is 5.10 Å². The highest BCUT2D eigenvalue weighted by Gasteiger charge is 2.17. The minimum atomic E-state index is -0.230. The molecule has 2 heterocycles. The zero-order valence-electron chi connectivity index (χ0n) is 14.9. The molecule has 1 aromatic carbocycles. The first kappa shape index (κ1) is 18.1. The molecule has 0 saturated carbocycles. The van der Waals surface area contributed by atoms with Crippen LogP contribution in [0.2, 0.25) is 0 Å². The lowest BCUT2D eigenvalue weighted by atomic mass is 10.1. The molecular weight excluding hydrogens is 332 g/mol. The smallest absolute Gasteiger partial charge is 0.305 e. The van der Waals surface area contributed by atoms with Gasteiger partial charge in [0, 0.05) is 24.8 Å². The Hall–Kier alpha value is -2.67. The summed E-state index contributed by atoms with van der Waals surface area (Å²) in [6.07, 6.45) is 5.01. The maximum atomic E-state index is 12.4. The average molecular weight is 356 g/mol. The van der Waals surface area contributed by atoms with E-state index in [0.717, 1.165) is 31.5 Å². The van der Waals surface area contributed by atoms with Crippen molar-refractivity contribution < 1.29 is 14.3 Å². The summed E-state index contributed by atoms with van der Waals surface area (Å²) in [5.74, 6) is -0.457. The zero-order valence-corrected chi connectivity index (χ0v) is 14.9. The summed E-state index contributed by atoms with van der Waals surface area (Å²) in [5.41, 5.74) is 2.12. The lowest BCUT2D eigenvalue weighted by Crippen LogP contribution is -2.32. The number of carbonyl (C=O) groups is 2. The number of aryl methyl sites for hydroxylation is 1. The van der Waals surface area contributed by atoms with Crippen molar-refractivity contribution in [2.24, 2.45) is 0 Å². The van der Waals surface area contributed by atoms with Crippen molar-refractivity contribution in [1.82, 2.24) is 15.1 Å². The predicted molar refractivity (Wildman–Crippen MR) is 98.1 cm³/mol. The Morgan fingerprint density at radius 1 is 1.31 bits per heavy atom. The summed E-state index contributed by atoms with van der Waals surface area (Å²) >= 11 is 0. The van der Waals surface area contributed by atoms with Gasteiger partial charge in [-0.05, 0) is 49.6 Å². The summed E-state index contributed by atoms with van der Waals surface area (Å²) in [6, 6.07) is 9.49. The van der Waals surface area contributed by atoms with E-state index in [1.54, 1.807) is 6.07 Å². The summed E-state index contributed by atoms with van der Waals surface area (Å²) in [5, 5.41) is 10.6. The van der Waals surface area contributed by atoms with E-state index in [2.05, 4.69) is 20.5 Å². The lowest BCUT2D eigenvalue weighted by molar-refractivity contribution is -0.140. The average Bonchev–Trinajstić information content (AvgIpc) is 3.18. The van der Waals surface area contributed by atoms with Gasteiger partial charge in [0.1, 0.15) is 0 Å². The third kappa shape index (κ3) is 4.70. The van der Waals surface area contributed by atoms with Crippen molar-refractivity contribution in [3.63, 3.8) is 0 Å². The molecule has 138 valence electrons. The fourth-order valence-electron chi connectivity index (χ4n) is 3.02. The van der Waals surface area contributed by atoms with E-state index in [-0.39, 0.29) is 11.9 Å². The van der Waals surface area contributed by atoms with Gasteiger partial charge in [-0.25, -0.2) is 0 Å². The molecule has 0 radical (unpaired) electrons. The summed E-state index contributed by atoms with van der Waals surface area (Å²) < 4.78 is 6.51. The molecule has 1 amide bonds. The summed E-state index contributed by atoms with van der Waals surface area (Å²) in [6.45, 7) is 1.93. The van der Waals surface area contributed by atoms with E-state index in [4.69, 9.17) is 0 Å². The van der Waals surface area contributed by atoms with Gasteiger partial charge in [0.2, 0.25) is 0 Å². The molecule has 7 nitrogen and oxygen atoms in total. The van der Waals surface area contributed by atoms with Gasteiger partial charge in [-0.15, -0.1) is 0 Å². The number of hydrogen-bond acceptors (Lipinski definition) is 5. The Bertz CT molecular complexity index is 748. The quantitative estimate of drug-likeness (QED) is 0.775. The molecule has 1 saturated heterocycles. The van der Waals surface area contributed by atoms with E-state index in [0.29, 0.717) is 30.3 Å². The first-order valence-corrected chi connectivity index (χ1v) is 8.88. The van der Waals surface area contributed by atoms with Crippen molar-refractivity contribution in [3.8, 4) is 0 Å². The molecule has 3 rings (SSSR count). The van der Waals surface area contributed by atoms with Crippen molar-refractivity contribution in [2.75, 3.05) is 25.5 Å². The van der Waals surface area contributed by atoms with Crippen LogP contribution in [0.4, 0.5) is 5.69 Å². The van der Waals surface area contributed by atoms with Gasteiger partial charge in [-0.1, -0.05) is 12.1 Å². The molecule has 1 atom stereocenters. The van der Waals surface area contributed by atoms with Crippen LogP contribution >= 0.6 is 0 Å². The number of amides is 1. The van der Waals surface area contributed by atoms with Crippen LogP contribution in [0.25, 0.3) is 0 Å². The molecule has 7 heteroatoms. The Balaban J connectivity index is 1.56. The van der Waals surface area contributed by atoms with Crippen LogP contribution in [0.1, 0.15) is 41.4 Å². The SMILES string of the molecule is COC(=O)CCc1ccc(NC(=O)c2ccn(C3CCCNC3)n2)cc1. The van der Waals surface area contributed by atoms with Gasteiger partial charge in [-0.3, -0.25) is 14.3 Å². The minimum absolute atomic E-state index is 0.227. The number of aromatic nitrogens is 2. The highest BCUT2D eigenvalue weighted by molar-refractivity contribution is 6.02. The molecule has 0 bridgehead atoms. The second-order valence-corrected chi connectivity index (χ2v) is 6.41. The third-order valence-corrected chi connectivity index (χ3v) is 4.54. The molecule has 2 N–H and O–H groups in total. The molecule has 1 aromatic heterocycles. The number of benzene rings is 1. The molecule has 1 aliphatic heterocycles. The molecule has 0 spiro atoms. The monoisotopic (exact) mass is 356 g/mol. The first-order chi connectivity index (χ1) is 12.7. The van der Waals surface area contributed by atoms with E-state index in [1.807, 2.05) is 35.1 Å². The highest BCUT2D eigenvalue weighted by atomic mass is 16.5. The first-order valence-electron chi connectivity index (χ1n) is 8.88. The molecule has 1 aliphatic rings. The predicted octanol–water partition coefficient (Wildman–Crippen LogP) is 2.17. The Morgan fingerprint density at radius 3 is 2.81 bits per heavy atom. The van der Waals surface area contributed by atoms with Crippen molar-refractivity contribution in [2.45, 2.75) is 31.7 Å². The number of piperidine rings is 1. The maximum Gasteiger partial charge on any atom is 0.305 e. The molecule has 1 unspecified atom stereocenters. The van der Waals surface area contributed by atoms with Crippen molar-refractivity contribution in [3.05, 3.63) is 47.8 Å². The molecular formula is C19H24N4O3. The third-order valence-electron chi connectivity index (χ3n) is 4.54. The Kier molecular flexibility index (Phi) is 6.01. The number of methoxy groups -OCH3 is 1. The van der Waals surface area contributed by atoms with Crippen LogP contribution < -0.4 is 10.6 Å². The minimum Gasteiger partial charge on any atom is -0.469 e. The van der Waals surface area contributed by atoms with E-state index >= 15 is 0 Å². The topological polar surface area (TPSA) is 85.2 Å². The number of ether oxygens (including phenoxy) is 1. The van der Waals surface area contributed by atoms with Gasteiger partial charge in [0.25, 0.3) is 5.91 Å². The summed E-state index contributed by atoms with van der Waals surface area (Å²) in [4.78, 5) is 23.6.